The molecule has 6 heteroatoms. The van der Waals surface area contributed by atoms with E-state index in [1.807, 2.05) is 19.9 Å². The summed E-state index contributed by atoms with van der Waals surface area (Å²) >= 11 is 0. The van der Waals surface area contributed by atoms with Gasteiger partial charge in [0.15, 0.2) is 0 Å². The second kappa shape index (κ2) is 6.39. The van der Waals surface area contributed by atoms with Crippen LogP contribution in [-0.4, -0.2) is 22.2 Å². The molecule has 0 spiro atoms. The van der Waals surface area contributed by atoms with Crippen molar-refractivity contribution in [1.29, 1.82) is 0 Å². The molecule has 25 heavy (non-hydrogen) atoms. The van der Waals surface area contributed by atoms with Crippen LogP contribution < -0.4 is 11.2 Å². The number of hydrogen-bond acceptors (Lipinski definition) is 4. The number of nitrogens with zero attached hydrogens (tertiary/aromatic N) is 2. The van der Waals surface area contributed by atoms with Gasteiger partial charge in [0, 0.05) is 0 Å². The fourth-order valence-electron chi connectivity index (χ4n) is 2.76. The highest BCUT2D eigenvalue weighted by Gasteiger charge is 2.16. The number of methoxy groups -OCH3 is 1. The molecular weight excluding hydrogens is 320 g/mol. The van der Waals surface area contributed by atoms with Gasteiger partial charge in [-0.05, 0) is 49.2 Å². The first-order chi connectivity index (χ1) is 11.9. The molecule has 0 aliphatic rings. The van der Waals surface area contributed by atoms with Crippen LogP contribution in [-0.2, 0) is 16.1 Å². The Morgan fingerprint density at radius 3 is 2.44 bits per heavy atom. The lowest BCUT2D eigenvalue weighted by Gasteiger charge is -2.14. The van der Waals surface area contributed by atoms with Crippen LogP contribution >= 0.6 is 0 Å². The van der Waals surface area contributed by atoms with Gasteiger partial charge in [0.1, 0.15) is 6.54 Å². The minimum atomic E-state index is -0.572. The third-order valence-electron chi connectivity index (χ3n) is 4.31. The van der Waals surface area contributed by atoms with E-state index in [1.165, 1.54) is 11.7 Å². The maximum absolute atomic E-state index is 13.0. The summed E-state index contributed by atoms with van der Waals surface area (Å²) in [6.45, 7) is 3.61. The van der Waals surface area contributed by atoms with Crippen molar-refractivity contribution in [1.82, 2.24) is 9.13 Å². The first kappa shape index (κ1) is 16.7. The molecule has 0 saturated heterocycles. The van der Waals surface area contributed by atoms with Crippen molar-refractivity contribution >= 4 is 16.9 Å². The molecule has 0 unspecified atom stereocenters. The van der Waals surface area contributed by atoms with Crippen LogP contribution in [0.4, 0.5) is 0 Å². The van der Waals surface area contributed by atoms with Gasteiger partial charge in [-0.3, -0.25) is 14.2 Å². The van der Waals surface area contributed by atoms with Gasteiger partial charge >= 0.3 is 11.7 Å². The number of hydrogen-bond donors (Lipinski definition) is 0. The van der Waals surface area contributed by atoms with Gasteiger partial charge in [-0.2, -0.15) is 0 Å². The number of fused-ring (bicyclic) bond motifs is 1. The molecule has 3 rings (SSSR count). The zero-order valence-corrected chi connectivity index (χ0v) is 14.3. The fourth-order valence-corrected chi connectivity index (χ4v) is 2.76. The molecule has 0 saturated carbocycles. The van der Waals surface area contributed by atoms with Crippen LogP contribution in [0.15, 0.2) is 52.1 Å². The van der Waals surface area contributed by atoms with Crippen LogP contribution in [0.3, 0.4) is 0 Å². The summed E-state index contributed by atoms with van der Waals surface area (Å²) in [6.07, 6.45) is 0. The van der Waals surface area contributed by atoms with E-state index >= 15 is 0 Å². The maximum atomic E-state index is 13.0. The Morgan fingerprint density at radius 2 is 1.76 bits per heavy atom. The Kier molecular flexibility index (Phi) is 4.27. The summed E-state index contributed by atoms with van der Waals surface area (Å²) in [5.74, 6) is -0.558. The predicted molar refractivity (Wildman–Crippen MR) is 95.3 cm³/mol. The average molecular weight is 338 g/mol. The van der Waals surface area contributed by atoms with Gasteiger partial charge in [0.25, 0.3) is 5.56 Å². The molecule has 0 aliphatic carbocycles. The Balaban J connectivity index is 2.39. The van der Waals surface area contributed by atoms with Crippen molar-refractivity contribution < 1.29 is 9.53 Å². The molecular formula is C19H18N2O4. The molecule has 0 bridgehead atoms. The van der Waals surface area contributed by atoms with E-state index in [9.17, 15) is 14.4 Å². The van der Waals surface area contributed by atoms with E-state index < -0.39 is 17.2 Å². The first-order valence-electron chi connectivity index (χ1n) is 7.83. The van der Waals surface area contributed by atoms with Gasteiger partial charge in [-0.15, -0.1) is 0 Å². The van der Waals surface area contributed by atoms with E-state index in [1.54, 1.807) is 36.4 Å². The largest absolute Gasteiger partial charge is 0.468 e. The molecule has 2 aromatic carbocycles. The van der Waals surface area contributed by atoms with Crippen molar-refractivity contribution in [3.8, 4) is 5.69 Å². The van der Waals surface area contributed by atoms with Crippen LogP contribution in [0.25, 0.3) is 16.6 Å². The van der Waals surface area contributed by atoms with Crippen LogP contribution in [0, 0.1) is 13.8 Å². The smallest absolute Gasteiger partial charge is 0.336 e. The highest BCUT2D eigenvalue weighted by Crippen LogP contribution is 2.14. The number of aromatic nitrogens is 2. The van der Waals surface area contributed by atoms with Gasteiger partial charge in [-0.25, -0.2) is 9.36 Å². The molecule has 0 atom stereocenters. The van der Waals surface area contributed by atoms with E-state index in [2.05, 4.69) is 4.74 Å². The van der Waals surface area contributed by atoms with Crippen molar-refractivity contribution in [2.24, 2.45) is 0 Å². The monoisotopic (exact) mass is 338 g/mol. The van der Waals surface area contributed by atoms with Gasteiger partial charge in [0.2, 0.25) is 0 Å². The molecule has 1 heterocycles. The molecule has 0 radical (unpaired) electrons. The minimum absolute atomic E-state index is 0.263. The third kappa shape index (κ3) is 2.87. The normalized spacial score (nSPS) is 10.8. The summed E-state index contributed by atoms with van der Waals surface area (Å²) in [5.41, 5.74) is 1.93. The summed E-state index contributed by atoms with van der Waals surface area (Å²) in [6, 6.07) is 12.1. The molecule has 0 N–H and O–H groups in total. The number of aryl methyl sites for hydroxylation is 2. The quantitative estimate of drug-likeness (QED) is 0.684. The Morgan fingerprint density at radius 1 is 1.04 bits per heavy atom. The SMILES string of the molecule is COC(=O)Cn1c(=O)n(-c2ccc(C)c(C)c2)c(=O)c2ccccc21. The number of carbonyl (C=O) groups excluding carboxylic acids is 1. The van der Waals surface area contributed by atoms with Crippen molar-refractivity contribution in [3.63, 3.8) is 0 Å². The zero-order chi connectivity index (χ0) is 18.1. The number of esters is 1. The highest BCUT2D eigenvalue weighted by atomic mass is 16.5. The van der Waals surface area contributed by atoms with Crippen molar-refractivity contribution in [2.75, 3.05) is 7.11 Å². The molecule has 6 nitrogen and oxygen atoms in total. The molecule has 0 aliphatic heterocycles. The number of benzene rings is 2. The number of rotatable bonds is 3. The van der Waals surface area contributed by atoms with Gasteiger partial charge < -0.3 is 4.74 Å². The topological polar surface area (TPSA) is 70.3 Å². The molecule has 3 aromatic rings. The Hall–Kier alpha value is -3.15. The third-order valence-corrected chi connectivity index (χ3v) is 4.31. The molecule has 1 aromatic heterocycles. The lowest BCUT2D eigenvalue weighted by atomic mass is 10.1. The van der Waals surface area contributed by atoms with E-state index in [0.29, 0.717) is 16.6 Å². The fraction of sp³-hybridized carbons (Fsp3) is 0.211. The lowest BCUT2D eigenvalue weighted by molar-refractivity contribution is -0.141. The Labute approximate surface area is 143 Å². The number of carbonyl (C=O) groups is 1. The lowest BCUT2D eigenvalue weighted by Crippen LogP contribution is -2.40. The molecule has 0 fully saturated rings. The van der Waals surface area contributed by atoms with Crippen molar-refractivity contribution in [2.45, 2.75) is 20.4 Å². The number of ether oxygens (including phenoxy) is 1. The van der Waals surface area contributed by atoms with Crippen LogP contribution in [0.2, 0.25) is 0 Å². The molecule has 128 valence electrons. The van der Waals surface area contributed by atoms with Crippen LogP contribution in [0.1, 0.15) is 11.1 Å². The average Bonchev–Trinajstić information content (AvgIpc) is 2.61. The zero-order valence-electron chi connectivity index (χ0n) is 14.3. The summed E-state index contributed by atoms with van der Waals surface area (Å²) < 4.78 is 7.04. The first-order valence-corrected chi connectivity index (χ1v) is 7.83. The Bertz CT molecular complexity index is 1090. The maximum Gasteiger partial charge on any atom is 0.336 e. The highest BCUT2D eigenvalue weighted by molar-refractivity contribution is 5.80. The van der Waals surface area contributed by atoms with E-state index in [4.69, 9.17) is 0 Å². The van der Waals surface area contributed by atoms with Gasteiger partial charge in [0.05, 0.1) is 23.7 Å². The second-order valence-corrected chi connectivity index (χ2v) is 5.87. The van der Waals surface area contributed by atoms with Crippen molar-refractivity contribution in [3.05, 3.63) is 74.4 Å². The van der Waals surface area contributed by atoms with E-state index in [0.717, 1.165) is 15.7 Å². The van der Waals surface area contributed by atoms with Gasteiger partial charge in [-0.1, -0.05) is 18.2 Å². The second-order valence-electron chi connectivity index (χ2n) is 5.87. The predicted octanol–water partition coefficient (Wildman–Crippen LogP) is 1.94. The molecule has 0 amide bonds. The standard InChI is InChI=1S/C19H18N2O4/c1-12-8-9-14(10-13(12)2)21-18(23)15-6-4-5-7-16(15)20(19(21)24)11-17(22)25-3/h4-10H,11H2,1-3H3. The summed E-state index contributed by atoms with van der Waals surface area (Å²) in [5, 5.41) is 0.365. The summed E-state index contributed by atoms with van der Waals surface area (Å²) in [4.78, 5) is 37.6. The number of para-hydroxylation sites is 1. The van der Waals surface area contributed by atoms with E-state index in [-0.39, 0.29) is 6.54 Å². The van der Waals surface area contributed by atoms with Crippen LogP contribution in [0.5, 0.6) is 0 Å². The minimum Gasteiger partial charge on any atom is -0.468 e. The summed E-state index contributed by atoms with van der Waals surface area (Å²) in [7, 11) is 1.26.